The second-order valence-electron chi connectivity index (χ2n) is 5.60. The van der Waals surface area contributed by atoms with Crippen molar-refractivity contribution in [1.29, 1.82) is 0 Å². The van der Waals surface area contributed by atoms with Gasteiger partial charge in [0.2, 0.25) is 0 Å². The molecule has 1 N–H and O–H groups in total. The molecule has 1 heterocycles. The van der Waals surface area contributed by atoms with Gasteiger partial charge in [0.15, 0.2) is 0 Å². The van der Waals surface area contributed by atoms with E-state index in [0.29, 0.717) is 24.6 Å². The Morgan fingerprint density at radius 3 is 2.86 bits per heavy atom. The lowest BCUT2D eigenvalue weighted by Gasteiger charge is -2.10. The first-order valence-electron chi connectivity index (χ1n) is 7.55. The molecule has 22 heavy (non-hydrogen) atoms. The van der Waals surface area contributed by atoms with Gasteiger partial charge in [-0.15, -0.1) is 0 Å². The molecule has 0 bridgehead atoms. The number of aromatic nitrogens is 1. The summed E-state index contributed by atoms with van der Waals surface area (Å²) in [5.74, 6) is 1.10. The first-order valence-corrected chi connectivity index (χ1v) is 7.55. The SMILES string of the molecule is CC(C)COc1cccc(C(=O)NCCc2cccnc2)c1. The minimum atomic E-state index is -0.0844. The third-order valence-electron chi connectivity index (χ3n) is 3.10. The third kappa shape index (κ3) is 5.20. The van der Waals surface area contributed by atoms with E-state index in [1.807, 2.05) is 30.5 Å². The lowest BCUT2D eigenvalue weighted by molar-refractivity contribution is 0.0953. The number of nitrogens with zero attached hydrogens (tertiary/aromatic N) is 1. The van der Waals surface area contributed by atoms with Gasteiger partial charge in [0.05, 0.1) is 6.61 Å². The van der Waals surface area contributed by atoms with Crippen LogP contribution >= 0.6 is 0 Å². The van der Waals surface area contributed by atoms with Gasteiger partial charge in [-0.1, -0.05) is 26.0 Å². The van der Waals surface area contributed by atoms with Gasteiger partial charge in [-0.25, -0.2) is 0 Å². The minimum Gasteiger partial charge on any atom is -0.493 e. The van der Waals surface area contributed by atoms with E-state index in [4.69, 9.17) is 4.74 Å². The molecule has 0 saturated carbocycles. The van der Waals surface area contributed by atoms with Crippen LogP contribution in [-0.2, 0) is 6.42 Å². The fourth-order valence-corrected chi connectivity index (χ4v) is 1.96. The lowest BCUT2D eigenvalue weighted by atomic mass is 10.2. The van der Waals surface area contributed by atoms with Crippen LogP contribution in [0.4, 0.5) is 0 Å². The maximum Gasteiger partial charge on any atom is 0.251 e. The number of hydrogen-bond acceptors (Lipinski definition) is 3. The Labute approximate surface area is 131 Å². The molecular weight excluding hydrogens is 276 g/mol. The highest BCUT2D eigenvalue weighted by Crippen LogP contribution is 2.14. The summed E-state index contributed by atoms with van der Waals surface area (Å²) in [5, 5.41) is 2.92. The van der Waals surface area contributed by atoms with E-state index in [-0.39, 0.29) is 5.91 Å². The number of ether oxygens (including phenoxy) is 1. The van der Waals surface area contributed by atoms with E-state index in [1.54, 1.807) is 18.3 Å². The van der Waals surface area contributed by atoms with Crippen LogP contribution in [0.3, 0.4) is 0 Å². The number of benzene rings is 1. The summed E-state index contributed by atoms with van der Waals surface area (Å²) in [6.45, 7) is 5.41. The van der Waals surface area contributed by atoms with Crippen LogP contribution in [0.2, 0.25) is 0 Å². The predicted octanol–water partition coefficient (Wildman–Crippen LogP) is 3.09. The van der Waals surface area contributed by atoms with Crippen molar-refractivity contribution in [2.24, 2.45) is 5.92 Å². The molecule has 1 aromatic heterocycles. The second-order valence-corrected chi connectivity index (χ2v) is 5.60. The second kappa shape index (κ2) is 8.17. The molecule has 2 aromatic rings. The van der Waals surface area contributed by atoms with Crippen molar-refractivity contribution in [1.82, 2.24) is 10.3 Å². The first-order chi connectivity index (χ1) is 10.6. The number of hydrogen-bond donors (Lipinski definition) is 1. The largest absolute Gasteiger partial charge is 0.493 e. The molecule has 1 aromatic carbocycles. The van der Waals surface area contributed by atoms with E-state index in [2.05, 4.69) is 24.1 Å². The number of carbonyl (C=O) groups is 1. The molecule has 2 rings (SSSR count). The van der Waals surface area contributed by atoms with Crippen LogP contribution in [-0.4, -0.2) is 24.0 Å². The Kier molecular flexibility index (Phi) is 5.95. The highest BCUT2D eigenvalue weighted by molar-refractivity contribution is 5.94. The Hall–Kier alpha value is -2.36. The number of carbonyl (C=O) groups excluding carboxylic acids is 1. The minimum absolute atomic E-state index is 0.0844. The van der Waals surface area contributed by atoms with E-state index >= 15 is 0 Å². The van der Waals surface area contributed by atoms with Crippen LogP contribution in [0, 0.1) is 5.92 Å². The summed E-state index contributed by atoms with van der Waals surface area (Å²) >= 11 is 0. The summed E-state index contributed by atoms with van der Waals surface area (Å²) in [6, 6.07) is 11.2. The zero-order chi connectivity index (χ0) is 15.8. The average Bonchev–Trinajstić information content (AvgIpc) is 2.54. The van der Waals surface area contributed by atoms with Crippen molar-refractivity contribution >= 4 is 5.91 Å². The first kappa shape index (κ1) is 16.0. The highest BCUT2D eigenvalue weighted by atomic mass is 16.5. The summed E-state index contributed by atoms with van der Waals surface area (Å²) in [7, 11) is 0. The van der Waals surface area contributed by atoms with E-state index in [1.165, 1.54) is 0 Å². The molecular formula is C18H22N2O2. The van der Waals surface area contributed by atoms with Gasteiger partial charge in [0, 0.05) is 24.5 Å². The van der Waals surface area contributed by atoms with Gasteiger partial charge in [-0.3, -0.25) is 9.78 Å². The van der Waals surface area contributed by atoms with Gasteiger partial charge < -0.3 is 10.1 Å². The van der Waals surface area contributed by atoms with Crippen molar-refractivity contribution in [2.75, 3.05) is 13.2 Å². The maximum absolute atomic E-state index is 12.1. The molecule has 0 saturated heterocycles. The Morgan fingerprint density at radius 2 is 2.14 bits per heavy atom. The van der Waals surface area contributed by atoms with E-state index in [0.717, 1.165) is 17.7 Å². The molecule has 0 spiro atoms. The summed E-state index contributed by atoms with van der Waals surface area (Å²) in [6.07, 6.45) is 4.32. The van der Waals surface area contributed by atoms with E-state index in [9.17, 15) is 4.79 Å². The predicted molar refractivity (Wildman–Crippen MR) is 87.0 cm³/mol. The number of rotatable bonds is 7. The molecule has 0 unspecified atom stereocenters. The van der Waals surface area contributed by atoms with Crippen LogP contribution in [0.25, 0.3) is 0 Å². The molecule has 0 aliphatic rings. The number of nitrogens with one attached hydrogen (secondary N) is 1. The van der Waals surface area contributed by atoms with Crippen molar-refractivity contribution in [3.63, 3.8) is 0 Å². The molecule has 0 fully saturated rings. The van der Waals surface area contributed by atoms with Crippen molar-refractivity contribution in [3.8, 4) is 5.75 Å². The Balaban J connectivity index is 1.85. The zero-order valence-corrected chi connectivity index (χ0v) is 13.1. The van der Waals surface area contributed by atoms with Crippen molar-refractivity contribution in [2.45, 2.75) is 20.3 Å². The van der Waals surface area contributed by atoms with Crippen molar-refractivity contribution in [3.05, 3.63) is 59.9 Å². The van der Waals surface area contributed by atoms with Gasteiger partial charge in [0.25, 0.3) is 5.91 Å². The standard InChI is InChI=1S/C18H22N2O2/c1-14(2)13-22-17-7-3-6-16(11-17)18(21)20-10-8-15-5-4-9-19-12-15/h3-7,9,11-12,14H,8,10,13H2,1-2H3,(H,20,21). The molecule has 1 amide bonds. The molecule has 116 valence electrons. The smallest absolute Gasteiger partial charge is 0.251 e. The third-order valence-corrected chi connectivity index (χ3v) is 3.10. The van der Waals surface area contributed by atoms with Gasteiger partial charge >= 0.3 is 0 Å². The van der Waals surface area contributed by atoms with Crippen LogP contribution in [0.15, 0.2) is 48.8 Å². The summed E-state index contributed by atoms with van der Waals surface area (Å²) in [5.41, 5.74) is 1.73. The highest BCUT2D eigenvalue weighted by Gasteiger charge is 2.06. The fourth-order valence-electron chi connectivity index (χ4n) is 1.96. The quantitative estimate of drug-likeness (QED) is 0.854. The van der Waals surface area contributed by atoms with Crippen molar-refractivity contribution < 1.29 is 9.53 Å². The molecule has 0 aliphatic heterocycles. The summed E-state index contributed by atoms with van der Waals surface area (Å²) < 4.78 is 5.64. The van der Waals surface area contributed by atoms with Crippen LogP contribution in [0.1, 0.15) is 29.8 Å². The van der Waals surface area contributed by atoms with E-state index < -0.39 is 0 Å². The topological polar surface area (TPSA) is 51.2 Å². The number of amides is 1. The Bertz CT molecular complexity index is 597. The fraction of sp³-hybridized carbons (Fsp3) is 0.333. The maximum atomic E-state index is 12.1. The van der Waals surface area contributed by atoms with Gasteiger partial charge in [0.1, 0.15) is 5.75 Å². The zero-order valence-electron chi connectivity index (χ0n) is 13.1. The lowest BCUT2D eigenvalue weighted by Crippen LogP contribution is -2.25. The molecule has 4 nitrogen and oxygen atoms in total. The molecule has 0 aliphatic carbocycles. The normalized spacial score (nSPS) is 10.5. The average molecular weight is 298 g/mol. The molecule has 0 radical (unpaired) electrons. The van der Waals surface area contributed by atoms with Crippen LogP contribution < -0.4 is 10.1 Å². The Morgan fingerprint density at radius 1 is 1.27 bits per heavy atom. The molecule has 0 atom stereocenters. The monoisotopic (exact) mass is 298 g/mol. The number of pyridine rings is 1. The van der Waals surface area contributed by atoms with Gasteiger partial charge in [-0.2, -0.15) is 0 Å². The summed E-state index contributed by atoms with van der Waals surface area (Å²) in [4.78, 5) is 16.2. The molecule has 4 heteroatoms. The van der Waals surface area contributed by atoms with Gasteiger partial charge in [-0.05, 0) is 42.2 Å². The van der Waals surface area contributed by atoms with Crippen LogP contribution in [0.5, 0.6) is 5.75 Å².